The fourth-order valence-electron chi connectivity index (χ4n) is 4.44. The van der Waals surface area contributed by atoms with E-state index in [4.69, 9.17) is 4.74 Å². The van der Waals surface area contributed by atoms with Gasteiger partial charge in [0.05, 0.1) is 36.6 Å². The maximum Gasteiger partial charge on any atom is 0.230 e. The van der Waals surface area contributed by atoms with Crippen LogP contribution in [0.15, 0.2) is 36.5 Å². The number of carbonyl (C=O) groups excluding carboxylic acids is 2. The van der Waals surface area contributed by atoms with Gasteiger partial charge in [-0.25, -0.2) is 4.98 Å². The number of fused-ring (bicyclic) bond motifs is 1. The summed E-state index contributed by atoms with van der Waals surface area (Å²) in [7, 11) is 3.46. The molecule has 4 rings (SSSR count). The van der Waals surface area contributed by atoms with Crippen molar-refractivity contribution in [1.29, 1.82) is 0 Å². The standard InChI is InChI=1S/C24H29N5O3/c1-5-6-11-29-21(30)13-20(22(29)16-7-9-18(32-4)10-8-16)24(31)26-17-12-19-15(2)27-28(3)23(19)25-14-17/h7-10,12,14,20,22H,5-6,11,13H2,1-4H3,(H,26,31)/t20-,22-/m1/s1. The normalized spacial score (nSPS) is 18.4. The first-order valence-electron chi connectivity index (χ1n) is 11.0. The van der Waals surface area contributed by atoms with Gasteiger partial charge in [-0.1, -0.05) is 25.5 Å². The second-order valence-corrected chi connectivity index (χ2v) is 8.26. The Kier molecular flexibility index (Phi) is 6.12. The minimum atomic E-state index is -0.488. The number of aryl methyl sites for hydroxylation is 2. The number of anilines is 1. The van der Waals surface area contributed by atoms with Crippen LogP contribution >= 0.6 is 0 Å². The molecule has 1 N–H and O–H groups in total. The van der Waals surface area contributed by atoms with E-state index in [1.165, 1.54) is 0 Å². The van der Waals surface area contributed by atoms with Crippen molar-refractivity contribution in [3.63, 3.8) is 0 Å². The van der Waals surface area contributed by atoms with Gasteiger partial charge in [0.2, 0.25) is 11.8 Å². The molecule has 0 saturated carbocycles. The van der Waals surface area contributed by atoms with Gasteiger partial charge < -0.3 is 15.0 Å². The van der Waals surface area contributed by atoms with E-state index in [2.05, 4.69) is 22.3 Å². The number of carbonyl (C=O) groups is 2. The first-order chi connectivity index (χ1) is 15.4. The Balaban J connectivity index is 1.62. The Morgan fingerprint density at radius 1 is 1.28 bits per heavy atom. The third-order valence-corrected chi connectivity index (χ3v) is 6.11. The van der Waals surface area contributed by atoms with Gasteiger partial charge in [0.25, 0.3) is 0 Å². The highest BCUT2D eigenvalue weighted by atomic mass is 16.5. The molecule has 1 aliphatic rings. The SMILES string of the molecule is CCCCN1C(=O)C[C@@H](C(=O)Nc2cnc3c(c2)c(C)nn3C)[C@H]1c1ccc(OC)cc1. The van der Waals surface area contributed by atoms with Gasteiger partial charge in [-0.2, -0.15) is 5.10 Å². The van der Waals surface area contributed by atoms with E-state index in [1.54, 1.807) is 18.0 Å². The predicted octanol–water partition coefficient (Wildman–Crippen LogP) is 3.61. The largest absolute Gasteiger partial charge is 0.497 e. The number of hydrogen-bond acceptors (Lipinski definition) is 5. The summed E-state index contributed by atoms with van der Waals surface area (Å²) in [6, 6.07) is 9.19. The molecule has 168 valence electrons. The van der Waals surface area contributed by atoms with Gasteiger partial charge in [0.1, 0.15) is 5.75 Å². The molecule has 1 saturated heterocycles. The second kappa shape index (κ2) is 8.98. The summed E-state index contributed by atoms with van der Waals surface area (Å²) < 4.78 is 6.99. The van der Waals surface area contributed by atoms with Gasteiger partial charge in [0, 0.05) is 25.4 Å². The topological polar surface area (TPSA) is 89.4 Å². The minimum absolute atomic E-state index is 0.0103. The van der Waals surface area contributed by atoms with E-state index in [1.807, 2.05) is 49.2 Å². The number of hydrogen-bond donors (Lipinski definition) is 1. The smallest absolute Gasteiger partial charge is 0.230 e. The summed E-state index contributed by atoms with van der Waals surface area (Å²) in [4.78, 5) is 32.5. The lowest BCUT2D eigenvalue weighted by molar-refractivity contribution is -0.129. The number of nitrogens with zero attached hydrogens (tertiary/aromatic N) is 4. The molecule has 0 radical (unpaired) electrons. The zero-order valence-electron chi connectivity index (χ0n) is 19.0. The van der Waals surface area contributed by atoms with Crippen molar-refractivity contribution < 1.29 is 14.3 Å². The van der Waals surface area contributed by atoms with E-state index >= 15 is 0 Å². The van der Waals surface area contributed by atoms with Crippen LogP contribution in [0.5, 0.6) is 5.75 Å². The maximum absolute atomic E-state index is 13.3. The minimum Gasteiger partial charge on any atom is -0.497 e. The number of nitrogens with one attached hydrogen (secondary N) is 1. The van der Waals surface area contributed by atoms with E-state index in [0.717, 1.165) is 40.9 Å². The molecule has 1 aliphatic heterocycles. The molecule has 1 fully saturated rings. The van der Waals surface area contributed by atoms with Crippen LogP contribution in [0.4, 0.5) is 5.69 Å². The fraction of sp³-hybridized carbons (Fsp3) is 0.417. The highest BCUT2D eigenvalue weighted by Crippen LogP contribution is 2.39. The Morgan fingerprint density at radius 2 is 2.03 bits per heavy atom. The molecule has 3 heterocycles. The van der Waals surface area contributed by atoms with Gasteiger partial charge in [-0.3, -0.25) is 14.3 Å². The molecular weight excluding hydrogens is 406 g/mol. The molecule has 8 nitrogen and oxygen atoms in total. The Hall–Kier alpha value is -3.42. The molecule has 2 atom stereocenters. The van der Waals surface area contributed by atoms with Crippen LogP contribution in [0.3, 0.4) is 0 Å². The number of aromatic nitrogens is 3. The average Bonchev–Trinajstić information content (AvgIpc) is 3.27. The van der Waals surface area contributed by atoms with E-state index < -0.39 is 5.92 Å². The zero-order chi connectivity index (χ0) is 22.8. The second-order valence-electron chi connectivity index (χ2n) is 8.26. The summed E-state index contributed by atoms with van der Waals surface area (Å²) in [5.41, 5.74) is 3.15. The van der Waals surface area contributed by atoms with Gasteiger partial charge in [-0.05, 0) is 37.1 Å². The molecule has 0 bridgehead atoms. The molecule has 2 aromatic heterocycles. The lowest BCUT2D eigenvalue weighted by Gasteiger charge is -2.28. The number of rotatable bonds is 7. The molecule has 32 heavy (non-hydrogen) atoms. The highest BCUT2D eigenvalue weighted by molar-refractivity contribution is 5.99. The summed E-state index contributed by atoms with van der Waals surface area (Å²) >= 11 is 0. The number of pyridine rings is 1. The number of ether oxygens (including phenoxy) is 1. The monoisotopic (exact) mass is 435 g/mol. The third-order valence-electron chi connectivity index (χ3n) is 6.11. The predicted molar refractivity (Wildman–Crippen MR) is 122 cm³/mol. The molecule has 8 heteroatoms. The Bertz CT molecular complexity index is 1140. The van der Waals surface area contributed by atoms with Crippen LogP contribution in [0.2, 0.25) is 0 Å². The first-order valence-corrected chi connectivity index (χ1v) is 11.0. The number of amides is 2. The Morgan fingerprint density at radius 3 is 2.72 bits per heavy atom. The van der Waals surface area contributed by atoms with Crippen LogP contribution in [0.25, 0.3) is 11.0 Å². The van der Waals surface area contributed by atoms with Crippen LogP contribution in [-0.4, -0.2) is 45.1 Å². The van der Waals surface area contributed by atoms with Gasteiger partial charge >= 0.3 is 0 Å². The molecule has 0 aliphatic carbocycles. The summed E-state index contributed by atoms with van der Waals surface area (Å²) in [5, 5.41) is 8.26. The molecule has 0 unspecified atom stereocenters. The highest BCUT2D eigenvalue weighted by Gasteiger charge is 2.44. The van der Waals surface area contributed by atoms with Crippen LogP contribution in [-0.2, 0) is 16.6 Å². The number of unbranched alkanes of at least 4 members (excludes halogenated alkanes) is 1. The van der Waals surface area contributed by atoms with Crippen molar-refractivity contribution in [2.45, 2.75) is 39.2 Å². The van der Waals surface area contributed by atoms with Crippen LogP contribution in [0, 0.1) is 12.8 Å². The van der Waals surface area contributed by atoms with Crippen molar-refractivity contribution in [2.75, 3.05) is 19.0 Å². The van der Waals surface area contributed by atoms with E-state index in [-0.39, 0.29) is 24.3 Å². The molecule has 3 aromatic rings. The zero-order valence-corrected chi connectivity index (χ0v) is 19.0. The summed E-state index contributed by atoms with van der Waals surface area (Å²) in [6.07, 6.45) is 3.70. The number of benzene rings is 1. The van der Waals surface area contributed by atoms with E-state index in [9.17, 15) is 9.59 Å². The third kappa shape index (κ3) is 4.04. The molecule has 0 spiro atoms. The molecule has 2 amide bonds. The van der Waals surface area contributed by atoms with Crippen molar-refractivity contribution in [1.82, 2.24) is 19.7 Å². The quantitative estimate of drug-likeness (QED) is 0.612. The van der Waals surface area contributed by atoms with Crippen LogP contribution < -0.4 is 10.1 Å². The average molecular weight is 436 g/mol. The van der Waals surface area contributed by atoms with Crippen molar-refractivity contribution in [3.8, 4) is 5.75 Å². The molecular formula is C24H29N5O3. The lowest BCUT2D eigenvalue weighted by Crippen LogP contribution is -2.33. The first kappa shape index (κ1) is 21.8. The summed E-state index contributed by atoms with van der Waals surface area (Å²) in [5.74, 6) is 0.0841. The number of likely N-dealkylation sites (tertiary alicyclic amines) is 1. The fourth-order valence-corrected chi connectivity index (χ4v) is 4.44. The van der Waals surface area contributed by atoms with Crippen molar-refractivity contribution in [3.05, 3.63) is 47.8 Å². The maximum atomic E-state index is 13.3. The molecule has 1 aromatic carbocycles. The number of methoxy groups -OCH3 is 1. The van der Waals surface area contributed by atoms with Crippen molar-refractivity contribution in [2.24, 2.45) is 13.0 Å². The lowest BCUT2D eigenvalue weighted by atomic mass is 9.92. The van der Waals surface area contributed by atoms with Crippen molar-refractivity contribution >= 4 is 28.5 Å². The van der Waals surface area contributed by atoms with E-state index in [0.29, 0.717) is 12.2 Å². The summed E-state index contributed by atoms with van der Waals surface area (Å²) in [6.45, 7) is 4.64. The van der Waals surface area contributed by atoms with Gasteiger partial charge in [-0.15, -0.1) is 0 Å². The van der Waals surface area contributed by atoms with Crippen LogP contribution in [0.1, 0.15) is 43.5 Å². The van der Waals surface area contributed by atoms with Gasteiger partial charge in [0.15, 0.2) is 5.65 Å². The Labute approximate surface area is 187 Å².